The van der Waals surface area contributed by atoms with E-state index in [0.29, 0.717) is 10.6 Å². The summed E-state index contributed by atoms with van der Waals surface area (Å²) in [7, 11) is -3.71. The van der Waals surface area contributed by atoms with Crippen LogP contribution in [0.15, 0.2) is 64.4 Å². The zero-order valence-corrected chi connectivity index (χ0v) is 17.2. The Bertz CT molecular complexity index is 1130. The zero-order valence-electron chi connectivity index (χ0n) is 15.6. The molecule has 4 rings (SSSR count). The van der Waals surface area contributed by atoms with Crippen LogP contribution in [-0.2, 0) is 22.7 Å². The summed E-state index contributed by atoms with van der Waals surface area (Å²) in [4.78, 5) is 14.4. The van der Waals surface area contributed by atoms with Gasteiger partial charge in [-0.25, -0.2) is 8.42 Å². The van der Waals surface area contributed by atoms with Crippen LogP contribution < -0.4 is 5.32 Å². The van der Waals surface area contributed by atoms with Crippen LogP contribution in [0.5, 0.6) is 0 Å². The minimum atomic E-state index is -3.71. The van der Waals surface area contributed by atoms with E-state index in [4.69, 9.17) is 0 Å². The summed E-state index contributed by atoms with van der Waals surface area (Å²) >= 11 is 1.40. The second-order valence-electron chi connectivity index (χ2n) is 7.01. The lowest BCUT2D eigenvalue weighted by Gasteiger charge is -2.14. The fraction of sp³-hybridized carbons (Fsp3) is 0.227. The monoisotopic (exact) mass is 411 g/mol. The van der Waals surface area contributed by atoms with Gasteiger partial charge in [0.05, 0.1) is 4.90 Å². The first-order valence-corrected chi connectivity index (χ1v) is 11.6. The summed E-state index contributed by atoms with van der Waals surface area (Å²) in [6.07, 6.45) is 3.60. The van der Waals surface area contributed by atoms with Crippen molar-refractivity contribution in [2.24, 2.45) is 0 Å². The first-order chi connectivity index (χ1) is 13.5. The van der Waals surface area contributed by atoms with Crippen molar-refractivity contribution in [3.63, 3.8) is 0 Å². The first kappa shape index (κ1) is 18.9. The summed E-state index contributed by atoms with van der Waals surface area (Å²) in [5, 5.41) is 3.32. The maximum absolute atomic E-state index is 13.4. The van der Waals surface area contributed by atoms with E-state index in [-0.39, 0.29) is 15.7 Å². The molecule has 0 saturated carbocycles. The van der Waals surface area contributed by atoms with Crippen LogP contribution in [-0.4, -0.2) is 14.3 Å². The molecule has 0 atom stereocenters. The van der Waals surface area contributed by atoms with E-state index in [0.717, 1.165) is 41.7 Å². The number of hydrogen-bond acceptors (Lipinski definition) is 4. The predicted octanol–water partition coefficient (Wildman–Crippen LogP) is 5.02. The van der Waals surface area contributed by atoms with Crippen LogP contribution >= 0.6 is 11.3 Å². The average molecular weight is 412 g/mol. The third kappa shape index (κ3) is 3.50. The number of rotatable bonds is 4. The van der Waals surface area contributed by atoms with Gasteiger partial charge in [-0.3, -0.25) is 4.79 Å². The quantitative estimate of drug-likeness (QED) is 0.656. The van der Waals surface area contributed by atoms with Gasteiger partial charge < -0.3 is 5.32 Å². The van der Waals surface area contributed by atoms with Crippen LogP contribution in [0.25, 0.3) is 0 Å². The van der Waals surface area contributed by atoms with Crippen molar-refractivity contribution >= 4 is 32.1 Å². The number of carbonyl (C=O) groups is 1. The molecule has 0 aliphatic heterocycles. The molecule has 4 nitrogen and oxygen atoms in total. The van der Waals surface area contributed by atoms with Crippen LogP contribution in [0.1, 0.15) is 39.2 Å². The average Bonchev–Trinajstić information content (AvgIpc) is 3.07. The van der Waals surface area contributed by atoms with Gasteiger partial charge in [-0.05, 0) is 62.4 Å². The molecule has 2 aromatic carbocycles. The molecule has 144 valence electrons. The van der Waals surface area contributed by atoms with Gasteiger partial charge in [0.25, 0.3) is 5.91 Å². The van der Waals surface area contributed by atoms with Crippen molar-refractivity contribution < 1.29 is 13.2 Å². The number of amides is 1. The van der Waals surface area contributed by atoms with Crippen molar-refractivity contribution in [3.05, 3.63) is 76.2 Å². The van der Waals surface area contributed by atoms with Gasteiger partial charge >= 0.3 is 0 Å². The molecule has 0 spiro atoms. The van der Waals surface area contributed by atoms with Crippen molar-refractivity contribution in [2.45, 2.75) is 42.4 Å². The second-order valence-corrected chi connectivity index (χ2v) is 10.0. The smallest absolute Gasteiger partial charge is 0.256 e. The molecular weight excluding hydrogens is 390 g/mol. The lowest BCUT2D eigenvalue weighted by Crippen LogP contribution is -2.14. The molecule has 0 unspecified atom stereocenters. The highest BCUT2D eigenvalue weighted by Gasteiger charge is 2.31. The number of fused-ring (bicyclic) bond motifs is 1. The van der Waals surface area contributed by atoms with Gasteiger partial charge in [0.2, 0.25) is 9.84 Å². The highest BCUT2D eigenvalue weighted by atomic mass is 32.2. The van der Waals surface area contributed by atoms with Gasteiger partial charge in [-0.1, -0.05) is 35.9 Å². The molecule has 6 heteroatoms. The van der Waals surface area contributed by atoms with Crippen molar-refractivity contribution in [3.8, 4) is 0 Å². The molecule has 0 saturated heterocycles. The Labute approximate surface area is 169 Å². The standard InChI is InChI=1S/C22H21NO3S2/c1-15-8-7-9-16(14-15)21(24)23-22-20(18-12-5-6-13-19(18)27-22)28(25,26)17-10-3-2-4-11-17/h2-4,7-11,14H,5-6,12-13H2,1H3,(H,23,24). The van der Waals surface area contributed by atoms with Crippen molar-refractivity contribution in [2.75, 3.05) is 5.32 Å². The molecular formula is C22H21NO3S2. The van der Waals surface area contributed by atoms with E-state index in [9.17, 15) is 13.2 Å². The molecule has 28 heavy (non-hydrogen) atoms. The number of hydrogen-bond donors (Lipinski definition) is 1. The Balaban J connectivity index is 1.80. The van der Waals surface area contributed by atoms with Crippen LogP contribution in [0.3, 0.4) is 0 Å². The van der Waals surface area contributed by atoms with Gasteiger partial charge in [-0.15, -0.1) is 11.3 Å². The highest BCUT2D eigenvalue weighted by molar-refractivity contribution is 7.92. The SMILES string of the molecule is Cc1cccc(C(=O)Nc2sc3c(c2S(=O)(=O)c2ccccc2)CCCC3)c1. The van der Waals surface area contributed by atoms with E-state index in [1.165, 1.54) is 11.3 Å². The second kappa shape index (κ2) is 7.53. The molecule has 1 aliphatic carbocycles. The largest absolute Gasteiger partial charge is 0.312 e. The maximum Gasteiger partial charge on any atom is 0.256 e. The summed E-state index contributed by atoms with van der Waals surface area (Å²) in [6, 6.07) is 15.7. The lowest BCUT2D eigenvalue weighted by molar-refractivity contribution is 0.102. The van der Waals surface area contributed by atoms with Gasteiger partial charge in [-0.2, -0.15) is 0 Å². The lowest BCUT2D eigenvalue weighted by atomic mass is 9.99. The van der Waals surface area contributed by atoms with Crippen LogP contribution in [0.2, 0.25) is 0 Å². The number of carbonyl (C=O) groups excluding carboxylic acids is 1. The van der Waals surface area contributed by atoms with E-state index in [2.05, 4.69) is 5.32 Å². The van der Waals surface area contributed by atoms with E-state index in [1.54, 1.807) is 42.5 Å². The number of sulfone groups is 1. The van der Waals surface area contributed by atoms with E-state index < -0.39 is 9.84 Å². The molecule has 0 radical (unpaired) electrons. The van der Waals surface area contributed by atoms with E-state index >= 15 is 0 Å². The Morgan fingerprint density at radius 2 is 1.75 bits per heavy atom. The number of nitrogens with one attached hydrogen (secondary N) is 1. The van der Waals surface area contributed by atoms with Gasteiger partial charge in [0.1, 0.15) is 9.90 Å². The molecule has 1 aliphatic rings. The fourth-order valence-corrected chi connectivity index (χ4v) is 6.88. The third-order valence-corrected chi connectivity index (χ3v) is 8.17. The molecule has 0 fully saturated rings. The summed E-state index contributed by atoms with van der Waals surface area (Å²) in [5.74, 6) is -0.285. The van der Waals surface area contributed by atoms with Gasteiger partial charge in [0, 0.05) is 10.4 Å². The molecule has 1 amide bonds. The molecule has 0 bridgehead atoms. The molecule has 3 aromatic rings. The number of aryl methyl sites for hydroxylation is 2. The maximum atomic E-state index is 13.4. The van der Waals surface area contributed by atoms with Crippen LogP contribution in [0, 0.1) is 6.92 Å². The Hall–Kier alpha value is -2.44. The van der Waals surface area contributed by atoms with Crippen molar-refractivity contribution in [1.82, 2.24) is 0 Å². The zero-order chi connectivity index (χ0) is 19.7. The Kier molecular flexibility index (Phi) is 5.08. The highest BCUT2D eigenvalue weighted by Crippen LogP contribution is 2.43. The normalized spacial score (nSPS) is 13.8. The fourth-order valence-electron chi connectivity index (χ4n) is 3.58. The summed E-state index contributed by atoms with van der Waals surface area (Å²) in [6.45, 7) is 1.92. The predicted molar refractivity (Wildman–Crippen MR) is 112 cm³/mol. The minimum absolute atomic E-state index is 0.257. The minimum Gasteiger partial charge on any atom is -0.312 e. The Morgan fingerprint density at radius 1 is 1.00 bits per heavy atom. The molecule has 1 N–H and O–H groups in total. The summed E-state index contributed by atoms with van der Waals surface area (Å²) in [5.41, 5.74) is 2.38. The first-order valence-electron chi connectivity index (χ1n) is 9.29. The van der Waals surface area contributed by atoms with Gasteiger partial charge in [0.15, 0.2) is 0 Å². The molecule has 1 aromatic heterocycles. The number of benzene rings is 2. The topological polar surface area (TPSA) is 63.2 Å². The molecule has 1 heterocycles. The van der Waals surface area contributed by atoms with Crippen molar-refractivity contribution in [1.29, 1.82) is 0 Å². The third-order valence-electron chi connectivity index (χ3n) is 4.95. The van der Waals surface area contributed by atoms with Crippen LogP contribution in [0.4, 0.5) is 5.00 Å². The number of thiophene rings is 1. The summed E-state index contributed by atoms with van der Waals surface area (Å²) < 4.78 is 26.8. The van der Waals surface area contributed by atoms with E-state index in [1.807, 2.05) is 19.1 Å². The number of anilines is 1. The Morgan fingerprint density at radius 3 is 2.50 bits per heavy atom.